The summed E-state index contributed by atoms with van der Waals surface area (Å²) in [6, 6.07) is 0.314. The summed E-state index contributed by atoms with van der Waals surface area (Å²) >= 11 is 0. The third-order valence-electron chi connectivity index (χ3n) is 2.57. The van der Waals surface area contributed by atoms with Gasteiger partial charge >= 0.3 is 0 Å². The molecular weight excluding hydrogens is 174 g/mol. The van der Waals surface area contributed by atoms with Crippen molar-refractivity contribution in [2.75, 3.05) is 6.54 Å². The van der Waals surface area contributed by atoms with E-state index in [-0.39, 0.29) is 0 Å². The Balaban J connectivity index is 2.31. The fourth-order valence-corrected chi connectivity index (χ4v) is 1.82. The maximum atomic E-state index is 10.6. The second-order valence-electron chi connectivity index (χ2n) is 3.40. The Morgan fingerprint density at radius 2 is 2.43 bits per heavy atom. The van der Waals surface area contributed by atoms with Crippen LogP contribution in [0, 0.1) is 0 Å². The van der Waals surface area contributed by atoms with Crippen LogP contribution in [0.1, 0.15) is 6.92 Å². The van der Waals surface area contributed by atoms with E-state index in [1.807, 2.05) is 18.2 Å². The fourth-order valence-electron chi connectivity index (χ4n) is 1.82. The highest BCUT2D eigenvalue weighted by Crippen LogP contribution is 2.23. The number of hydrogen-bond donors (Lipinski definition) is 0. The molecule has 2 rings (SSSR count). The van der Waals surface area contributed by atoms with E-state index in [9.17, 15) is 4.79 Å². The van der Waals surface area contributed by atoms with Gasteiger partial charge in [0.05, 0.1) is 6.04 Å². The van der Waals surface area contributed by atoms with Crippen molar-refractivity contribution in [2.24, 2.45) is 0 Å². The molecule has 0 aromatic carbocycles. The minimum Gasteiger partial charge on any atom is -0.367 e. The molecule has 0 fully saturated rings. The molecular formula is C12H13NO. The maximum Gasteiger partial charge on any atom is 0.150 e. The van der Waals surface area contributed by atoms with Gasteiger partial charge in [-0.3, -0.25) is 4.79 Å². The van der Waals surface area contributed by atoms with Gasteiger partial charge in [-0.2, -0.15) is 0 Å². The van der Waals surface area contributed by atoms with Gasteiger partial charge in [0.15, 0.2) is 0 Å². The third kappa shape index (κ3) is 1.43. The average Bonchev–Trinajstić information content (AvgIpc) is 2.27. The van der Waals surface area contributed by atoms with Gasteiger partial charge in [0.25, 0.3) is 0 Å². The summed E-state index contributed by atoms with van der Waals surface area (Å²) in [6.45, 7) is 3.10. The quantitative estimate of drug-likeness (QED) is 0.615. The summed E-state index contributed by atoms with van der Waals surface area (Å²) in [5.41, 5.74) is 1.94. The fraction of sp³-hybridized carbons (Fsp3) is 0.250. The SMILES string of the molecule is CCN1C=CC=C2C=C(C=O)C=CC21. The van der Waals surface area contributed by atoms with Gasteiger partial charge in [-0.05, 0) is 30.8 Å². The van der Waals surface area contributed by atoms with E-state index >= 15 is 0 Å². The number of carbonyl (C=O) groups is 1. The summed E-state index contributed by atoms with van der Waals surface area (Å²) in [4.78, 5) is 12.8. The molecule has 1 heterocycles. The summed E-state index contributed by atoms with van der Waals surface area (Å²) < 4.78 is 0. The van der Waals surface area contributed by atoms with E-state index in [2.05, 4.69) is 30.2 Å². The number of likely N-dealkylation sites (N-methyl/N-ethyl adjacent to an activating group) is 1. The van der Waals surface area contributed by atoms with Crippen molar-refractivity contribution < 1.29 is 4.79 Å². The molecule has 2 aliphatic rings. The van der Waals surface area contributed by atoms with E-state index in [1.54, 1.807) is 0 Å². The van der Waals surface area contributed by atoms with Crippen molar-refractivity contribution in [3.05, 3.63) is 47.7 Å². The molecule has 1 unspecified atom stereocenters. The number of carbonyl (C=O) groups excluding carboxylic acids is 1. The molecule has 0 amide bonds. The van der Waals surface area contributed by atoms with Crippen molar-refractivity contribution in [3.63, 3.8) is 0 Å². The van der Waals surface area contributed by atoms with Gasteiger partial charge in [-0.15, -0.1) is 0 Å². The highest BCUT2D eigenvalue weighted by molar-refractivity contribution is 5.79. The van der Waals surface area contributed by atoms with Crippen LogP contribution in [0.2, 0.25) is 0 Å². The Bertz CT molecular complexity index is 361. The summed E-state index contributed by atoms with van der Waals surface area (Å²) in [6.07, 6.45) is 13.0. The van der Waals surface area contributed by atoms with Crippen molar-refractivity contribution in [2.45, 2.75) is 13.0 Å². The number of aldehydes is 1. The zero-order valence-electron chi connectivity index (χ0n) is 8.18. The number of nitrogens with zero attached hydrogens (tertiary/aromatic N) is 1. The molecule has 2 nitrogen and oxygen atoms in total. The Morgan fingerprint density at radius 1 is 1.57 bits per heavy atom. The van der Waals surface area contributed by atoms with Crippen molar-refractivity contribution in [3.8, 4) is 0 Å². The molecule has 14 heavy (non-hydrogen) atoms. The minimum absolute atomic E-state index is 0.314. The largest absolute Gasteiger partial charge is 0.367 e. The molecule has 0 spiro atoms. The van der Waals surface area contributed by atoms with Crippen LogP contribution in [0.3, 0.4) is 0 Å². The molecule has 0 radical (unpaired) electrons. The van der Waals surface area contributed by atoms with Crippen LogP contribution in [0.4, 0.5) is 0 Å². The van der Waals surface area contributed by atoms with Crippen LogP contribution < -0.4 is 0 Å². The zero-order valence-corrected chi connectivity index (χ0v) is 8.18. The Hall–Kier alpha value is -1.57. The first-order valence-electron chi connectivity index (χ1n) is 4.84. The lowest BCUT2D eigenvalue weighted by atomic mass is 9.94. The maximum absolute atomic E-state index is 10.6. The Morgan fingerprint density at radius 3 is 3.14 bits per heavy atom. The monoisotopic (exact) mass is 187 g/mol. The van der Waals surface area contributed by atoms with Gasteiger partial charge in [0.2, 0.25) is 0 Å². The molecule has 1 atom stereocenters. The molecule has 0 saturated heterocycles. The predicted molar refractivity (Wildman–Crippen MR) is 56.7 cm³/mol. The third-order valence-corrected chi connectivity index (χ3v) is 2.57. The van der Waals surface area contributed by atoms with E-state index < -0.39 is 0 Å². The number of hydrogen-bond acceptors (Lipinski definition) is 2. The summed E-state index contributed by atoms with van der Waals surface area (Å²) in [7, 11) is 0. The van der Waals surface area contributed by atoms with Crippen molar-refractivity contribution in [1.82, 2.24) is 4.90 Å². The first-order chi connectivity index (χ1) is 6.85. The van der Waals surface area contributed by atoms with E-state index in [1.165, 1.54) is 5.57 Å². The molecule has 1 aliphatic heterocycles. The van der Waals surface area contributed by atoms with Crippen LogP contribution >= 0.6 is 0 Å². The molecule has 0 saturated carbocycles. The lowest BCUT2D eigenvalue weighted by Crippen LogP contribution is -2.33. The second-order valence-corrected chi connectivity index (χ2v) is 3.40. The highest BCUT2D eigenvalue weighted by atomic mass is 16.1. The number of rotatable bonds is 2. The lowest BCUT2D eigenvalue weighted by molar-refractivity contribution is -0.104. The second kappa shape index (κ2) is 3.66. The number of allylic oxidation sites excluding steroid dienone is 4. The standard InChI is InChI=1S/C12H13NO/c1-2-13-7-3-4-11-8-10(9-14)5-6-12(11)13/h3-9,12H,2H2,1H3. The van der Waals surface area contributed by atoms with Crippen LogP contribution in [-0.2, 0) is 4.79 Å². The van der Waals surface area contributed by atoms with Gasteiger partial charge in [-0.25, -0.2) is 0 Å². The molecule has 0 aromatic rings. The summed E-state index contributed by atoms with van der Waals surface area (Å²) in [5.74, 6) is 0. The normalized spacial score (nSPS) is 24.1. The van der Waals surface area contributed by atoms with Gasteiger partial charge < -0.3 is 4.90 Å². The van der Waals surface area contributed by atoms with Gasteiger partial charge in [-0.1, -0.05) is 18.2 Å². The van der Waals surface area contributed by atoms with Crippen LogP contribution in [0.5, 0.6) is 0 Å². The van der Waals surface area contributed by atoms with Crippen LogP contribution in [0.25, 0.3) is 0 Å². The Kier molecular flexibility index (Phi) is 2.35. The molecule has 72 valence electrons. The number of fused-ring (bicyclic) bond motifs is 1. The molecule has 0 bridgehead atoms. The van der Waals surface area contributed by atoms with Gasteiger partial charge in [0, 0.05) is 12.1 Å². The molecule has 1 aliphatic carbocycles. The van der Waals surface area contributed by atoms with E-state index in [4.69, 9.17) is 0 Å². The topological polar surface area (TPSA) is 20.3 Å². The lowest BCUT2D eigenvalue weighted by Gasteiger charge is -2.32. The average molecular weight is 187 g/mol. The van der Waals surface area contributed by atoms with Crippen molar-refractivity contribution >= 4 is 6.29 Å². The Labute approximate surface area is 83.9 Å². The van der Waals surface area contributed by atoms with Crippen molar-refractivity contribution in [1.29, 1.82) is 0 Å². The summed E-state index contributed by atoms with van der Waals surface area (Å²) in [5, 5.41) is 0. The van der Waals surface area contributed by atoms with Crippen LogP contribution in [-0.4, -0.2) is 23.8 Å². The highest BCUT2D eigenvalue weighted by Gasteiger charge is 2.19. The first kappa shape index (κ1) is 9.00. The minimum atomic E-state index is 0.314. The van der Waals surface area contributed by atoms with Crippen LogP contribution in [0.15, 0.2) is 47.7 Å². The van der Waals surface area contributed by atoms with E-state index in [0.717, 1.165) is 18.4 Å². The van der Waals surface area contributed by atoms with E-state index in [0.29, 0.717) is 6.04 Å². The molecule has 0 N–H and O–H groups in total. The van der Waals surface area contributed by atoms with Gasteiger partial charge in [0.1, 0.15) is 6.29 Å². The smallest absolute Gasteiger partial charge is 0.150 e. The predicted octanol–water partition coefficient (Wildman–Crippen LogP) is 1.83. The first-order valence-corrected chi connectivity index (χ1v) is 4.84. The molecule has 2 heteroatoms. The zero-order chi connectivity index (χ0) is 9.97. The molecule has 0 aromatic heterocycles.